The topological polar surface area (TPSA) is 62.5 Å². The number of fused-ring (bicyclic) bond motifs is 4. The molecule has 51 heavy (non-hydrogen) atoms. The first-order chi connectivity index (χ1) is 25.0. The van der Waals surface area contributed by atoms with Crippen LogP contribution in [0.5, 0.6) is 0 Å². The van der Waals surface area contributed by atoms with Crippen molar-refractivity contribution < 1.29 is 0 Å². The van der Waals surface area contributed by atoms with Gasteiger partial charge in [0.1, 0.15) is 0 Å². The van der Waals surface area contributed by atoms with Crippen LogP contribution >= 0.6 is 0 Å². The number of hydrogen-bond acceptors (Lipinski definition) is 4. The van der Waals surface area contributed by atoms with Gasteiger partial charge in [0.15, 0.2) is 17.5 Å². The van der Waals surface area contributed by atoms with Crippen LogP contribution in [0, 0.1) is 11.3 Å². The monoisotopic (exact) mass is 652 g/mol. The van der Waals surface area contributed by atoms with Gasteiger partial charge in [0.05, 0.1) is 11.6 Å². The first-order valence-corrected chi connectivity index (χ1v) is 17.2. The van der Waals surface area contributed by atoms with Crippen molar-refractivity contribution in [1.29, 1.82) is 5.26 Å². The highest BCUT2D eigenvalue weighted by molar-refractivity contribution is 5.95. The Morgan fingerprint density at radius 3 is 1.73 bits per heavy atom. The fraction of sp³-hybridized carbons (Fsp3) is 0.0638. The molecule has 1 aliphatic rings. The number of hydrogen-bond donors (Lipinski definition) is 0. The fourth-order valence-corrected chi connectivity index (χ4v) is 7.44. The van der Waals surface area contributed by atoms with Crippen molar-refractivity contribution in [1.82, 2.24) is 15.0 Å². The number of nitrogens with zero attached hydrogens (tertiary/aromatic N) is 4. The minimum Gasteiger partial charge on any atom is -0.208 e. The van der Waals surface area contributed by atoms with Crippen molar-refractivity contribution in [2.45, 2.75) is 19.3 Å². The van der Waals surface area contributed by atoms with Crippen LogP contribution in [0.2, 0.25) is 0 Å². The van der Waals surface area contributed by atoms with Gasteiger partial charge in [-0.3, -0.25) is 0 Å². The Balaban J connectivity index is 1.07. The van der Waals surface area contributed by atoms with Gasteiger partial charge >= 0.3 is 0 Å². The highest BCUT2D eigenvalue weighted by atomic mass is 15.0. The third kappa shape index (κ3) is 5.28. The second-order valence-electron chi connectivity index (χ2n) is 13.6. The van der Waals surface area contributed by atoms with Crippen LogP contribution in [-0.2, 0) is 5.41 Å². The van der Waals surface area contributed by atoms with E-state index >= 15 is 0 Å². The van der Waals surface area contributed by atoms with Crippen molar-refractivity contribution >= 4 is 10.8 Å². The third-order valence-corrected chi connectivity index (χ3v) is 10.2. The Morgan fingerprint density at radius 1 is 0.431 bits per heavy atom. The minimum atomic E-state index is -0.191. The molecule has 0 radical (unpaired) electrons. The lowest BCUT2D eigenvalue weighted by Crippen LogP contribution is -2.15. The van der Waals surface area contributed by atoms with E-state index in [1.165, 1.54) is 27.8 Å². The van der Waals surface area contributed by atoms with Crippen LogP contribution in [-0.4, -0.2) is 15.0 Å². The molecule has 0 spiro atoms. The van der Waals surface area contributed by atoms with Crippen molar-refractivity contribution in [3.63, 3.8) is 0 Å². The molecule has 1 aliphatic carbocycles. The summed E-state index contributed by atoms with van der Waals surface area (Å²) < 4.78 is 0. The summed E-state index contributed by atoms with van der Waals surface area (Å²) in [7, 11) is 0. The van der Waals surface area contributed by atoms with Crippen molar-refractivity contribution in [2.24, 2.45) is 0 Å². The largest absolute Gasteiger partial charge is 0.208 e. The molecule has 0 saturated carbocycles. The third-order valence-electron chi connectivity index (χ3n) is 10.2. The van der Waals surface area contributed by atoms with E-state index in [-0.39, 0.29) is 5.41 Å². The summed E-state index contributed by atoms with van der Waals surface area (Å²) in [6, 6.07) is 57.0. The zero-order valence-corrected chi connectivity index (χ0v) is 28.3. The molecular weight excluding hydrogens is 621 g/mol. The molecule has 0 bridgehead atoms. The van der Waals surface area contributed by atoms with Gasteiger partial charge in [-0.2, -0.15) is 5.26 Å². The van der Waals surface area contributed by atoms with Gasteiger partial charge in [-0.15, -0.1) is 0 Å². The van der Waals surface area contributed by atoms with Crippen LogP contribution in [0.1, 0.15) is 30.5 Å². The summed E-state index contributed by atoms with van der Waals surface area (Å²) in [5.41, 5.74) is 12.9. The zero-order valence-electron chi connectivity index (χ0n) is 28.3. The van der Waals surface area contributed by atoms with Gasteiger partial charge in [0, 0.05) is 22.1 Å². The molecule has 0 unspecified atom stereocenters. The predicted molar refractivity (Wildman–Crippen MR) is 207 cm³/mol. The van der Waals surface area contributed by atoms with Crippen LogP contribution in [0.4, 0.5) is 0 Å². The van der Waals surface area contributed by atoms with Gasteiger partial charge in [-0.25, -0.2) is 15.0 Å². The van der Waals surface area contributed by atoms with E-state index in [0.717, 1.165) is 44.2 Å². The van der Waals surface area contributed by atoms with Crippen molar-refractivity contribution in [2.75, 3.05) is 0 Å². The van der Waals surface area contributed by atoms with Gasteiger partial charge < -0.3 is 0 Å². The molecule has 7 aromatic carbocycles. The summed E-state index contributed by atoms with van der Waals surface area (Å²) in [5.74, 6) is 1.93. The van der Waals surface area contributed by atoms with E-state index in [1.807, 2.05) is 42.5 Å². The van der Waals surface area contributed by atoms with E-state index in [1.54, 1.807) is 0 Å². The highest BCUT2D eigenvalue weighted by Gasteiger charge is 2.35. The molecule has 1 aromatic heterocycles. The second kappa shape index (κ2) is 12.0. The quantitative estimate of drug-likeness (QED) is 0.186. The van der Waals surface area contributed by atoms with Crippen LogP contribution in [0.3, 0.4) is 0 Å². The standard InChI is InChI=1S/C47H32N4/c1-47(2)42-26-30(29-48)18-24-39(42)40-25-23-37(28-43(40)47)36-15-8-14-35(27-36)31-19-21-34(22-20-31)45-49-44(33-11-4-3-5-12-33)50-46(51-45)41-17-9-13-32-10-6-7-16-38(32)41/h3-28H,1-2H3. The first kappa shape index (κ1) is 30.4. The van der Waals surface area contributed by atoms with Crippen LogP contribution in [0.25, 0.3) is 78.3 Å². The summed E-state index contributed by atoms with van der Waals surface area (Å²) in [6.45, 7) is 4.50. The summed E-state index contributed by atoms with van der Waals surface area (Å²) in [6.07, 6.45) is 0. The maximum absolute atomic E-state index is 9.52. The molecule has 4 heteroatoms. The maximum Gasteiger partial charge on any atom is 0.164 e. The van der Waals surface area contributed by atoms with E-state index < -0.39 is 0 Å². The van der Waals surface area contributed by atoms with Crippen molar-refractivity contribution in [3.05, 3.63) is 174 Å². The number of nitriles is 1. The predicted octanol–water partition coefficient (Wildman–Crippen LogP) is 11.5. The molecule has 0 saturated heterocycles. The Labute approximate surface area is 297 Å². The molecule has 0 N–H and O–H groups in total. The van der Waals surface area contributed by atoms with E-state index in [9.17, 15) is 5.26 Å². The first-order valence-electron chi connectivity index (χ1n) is 17.2. The molecule has 0 aliphatic heterocycles. The lowest BCUT2D eigenvalue weighted by molar-refractivity contribution is 0.660. The highest BCUT2D eigenvalue weighted by Crippen LogP contribution is 2.50. The Morgan fingerprint density at radius 2 is 0.961 bits per heavy atom. The molecule has 0 atom stereocenters. The minimum absolute atomic E-state index is 0.191. The lowest BCUT2D eigenvalue weighted by Gasteiger charge is -2.22. The number of aromatic nitrogens is 3. The molecule has 4 nitrogen and oxygen atoms in total. The normalized spacial score (nSPS) is 12.6. The summed E-state index contributed by atoms with van der Waals surface area (Å²) >= 11 is 0. The molecule has 9 rings (SSSR count). The fourth-order valence-electron chi connectivity index (χ4n) is 7.44. The smallest absolute Gasteiger partial charge is 0.164 e. The number of rotatable bonds is 5. The lowest BCUT2D eigenvalue weighted by atomic mass is 9.81. The summed E-state index contributed by atoms with van der Waals surface area (Å²) in [4.78, 5) is 15.0. The van der Waals surface area contributed by atoms with Crippen LogP contribution < -0.4 is 0 Å². The average molecular weight is 653 g/mol. The Kier molecular flexibility index (Phi) is 7.15. The second-order valence-corrected chi connectivity index (χ2v) is 13.6. The van der Waals surface area contributed by atoms with Crippen molar-refractivity contribution in [3.8, 4) is 73.6 Å². The van der Waals surface area contributed by atoms with E-state index in [2.05, 4.69) is 135 Å². The van der Waals surface area contributed by atoms with E-state index in [0.29, 0.717) is 23.0 Å². The van der Waals surface area contributed by atoms with Crippen LogP contribution in [0.15, 0.2) is 158 Å². The van der Waals surface area contributed by atoms with E-state index in [4.69, 9.17) is 15.0 Å². The average Bonchev–Trinajstić information content (AvgIpc) is 3.42. The SMILES string of the molecule is CC1(C)c2cc(C#N)ccc2-c2ccc(-c3cccc(-c4ccc(-c5nc(-c6ccccc6)nc(-c6cccc7ccccc67)n5)cc4)c3)cc21. The molecule has 1 heterocycles. The number of benzene rings is 7. The molecule has 0 fully saturated rings. The summed E-state index contributed by atoms with van der Waals surface area (Å²) in [5, 5.41) is 11.8. The molecule has 240 valence electrons. The maximum atomic E-state index is 9.52. The molecule has 0 amide bonds. The zero-order chi connectivity index (χ0) is 34.5. The molecule has 8 aromatic rings. The van der Waals surface area contributed by atoms with Gasteiger partial charge in [0.25, 0.3) is 0 Å². The van der Waals surface area contributed by atoms with Gasteiger partial charge in [-0.05, 0) is 79.5 Å². The Hall–Kier alpha value is -6.70. The van der Waals surface area contributed by atoms with Gasteiger partial charge in [-0.1, -0.05) is 147 Å². The van der Waals surface area contributed by atoms with Gasteiger partial charge in [0.2, 0.25) is 0 Å². The Bertz CT molecular complexity index is 2660. The molecular formula is C47H32N4.